The molecule has 0 aliphatic carbocycles. The maximum absolute atomic E-state index is 12.4. The first-order valence-electron chi connectivity index (χ1n) is 8.39. The van der Waals surface area contributed by atoms with Crippen molar-refractivity contribution in [3.05, 3.63) is 68.6 Å². The van der Waals surface area contributed by atoms with Crippen LogP contribution in [-0.2, 0) is 6.54 Å². The van der Waals surface area contributed by atoms with Crippen molar-refractivity contribution in [3.8, 4) is 0 Å². The van der Waals surface area contributed by atoms with Crippen LogP contribution < -0.4 is 5.56 Å². The molecule has 0 N–H and O–H groups in total. The Morgan fingerprint density at radius 3 is 3.00 bits per heavy atom. The number of nitrogens with zero attached hydrogens (tertiary/aromatic N) is 3. The molecule has 3 heterocycles. The molecule has 2 aromatic heterocycles. The van der Waals surface area contributed by atoms with E-state index in [0.29, 0.717) is 6.04 Å². The monoisotopic (exact) mass is 339 g/mol. The zero-order valence-electron chi connectivity index (χ0n) is 14.0. The second-order valence-corrected chi connectivity index (χ2v) is 7.46. The molecule has 1 atom stereocenters. The topological polar surface area (TPSA) is 37.6 Å². The molecule has 3 aromatic rings. The summed E-state index contributed by atoms with van der Waals surface area (Å²) in [6.07, 6.45) is 2.36. The van der Waals surface area contributed by atoms with E-state index in [9.17, 15) is 4.79 Å². The van der Waals surface area contributed by atoms with Gasteiger partial charge in [0, 0.05) is 29.7 Å². The van der Waals surface area contributed by atoms with Gasteiger partial charge in [-0.05, 0) is 38.8 Å². The van der Waals surface area contributed by atoms with Crippen LogP contribution in [0, 0.1) is 13.8 Å². The van der Waals surface area contributed by atoms with Gasteiger partial charge in [0.1, 0.15) is 0 Å². The zero-order valence-corrected chi connectivity index (χ0v) is 14.8. The average molecular weight is 339 g/mol. The summed E-state index contributed by atoms with van der Waals surface area (Å²) in [6.45, 7) is 5.88. The summed E-state index contributed by atoms with van der Waals surface area (Å²) in [7, 11) is 0. The van der Waals surface area contributed by atoms with E-state index < -0.39 is 0 Å². The van der Waals surface area contributed by atoms with Crippen molar-refractivity contribution in [2.75, 3.05) is 6.54 Å². The van der Waals surface area contributed by atoms with E-state index in [1.54, 1.807) is 10.5 Å². The van der Waals surface area contributed by atoms with Gasteiger partial charge in [-0.1, -0.05) is 29.8 Å². The number of rotatable bonds is 3. The van der Waals surface area contributed by atoms with Gasteiger partial charge in [-0.3, -0.25) is 14.1 Å². The minimum absolute atomic E-state index is 0.0278. The van der Waals surface area contributed by atoms with Crippen LogP contribution in [0.2, 0.25) is 0 Å². The van der Waals surface area contributed by atoms with E-state index in [4.69, 9.17) is 4.98 Å². The average Bonchev–Trinajstić information content (AvgIpc) is 3.15. The van der Waals surface area contributed by atoms with E-state index in [2.05, 4.69) is 36.1 Å². The lowest BCUT2D eigenvalue weighted by Crippen LogP contribution is -2.25. The summed E-state index contributed by atoms with van der Waals surface area (Å²) in [5.41, 5.74) is 4.53. The molecule has 4 rings (SSSR count). The van der Waals surface area contributed by atoms with Gasteiger partial charge in [-0.15, -0.1) is 11.3 Å². The molecule has 0 saturated carbocycles. The van der Waals surface area contributed by atoms with E-state index in [-0.39, 0.29) is 5.56 Å². The third-order valence-electron chi connectivity index (χ3n) is 4.78. The number of benzene rings is 1. The lowest BCUT2D eigenvalue weighted by molar-refractivity contribution is 0.245. The summed E-state index contributed by atoms with van der Waals surface area (Å²) in [5, 5.41) is 1.99. The Bertz CT molecular complexity index is 943. The number of thiazole rings is 1. The van der Waals surface area contributed by atoms with Gasteiger partial charge in [0.15, 0.2) is 4.96 Å². The first-order chi connectivity index (χ1) is 11.6. The summed E-state index contributed by atoms with van der Waals surface area (Å²) in [4.78, 5) is 20.3. The van der Waals surface area contributed by atoms with Gasteiger partial charge in [0.05, 0.1) is 5.69 Å². The molecule has 24 heavy (non-hydrogen) atoms. The fraction of sp³-hybridized carbons (Fsp3) is 0.368. The SMILES string of the molecule is Cc1cccc([C@@H]2CCCN2Cc2cc(=O)n3c(C)csc3n2)c1. The van der Waals surface area contributed by atoms with Gasteiger partial charge < -0.3 is 0 Å². The molecule has 0 spiro atoms. The van der Waals surface area contributed by atoms with Crippen LogP contribution in [0.5, 0.6) is 0 Å². The van der Waals surface area contributed by atoms with Crippen molar-refractivity contribution >= 4 is 16.3 Å². The Balaban J connectivity index is 1.63. The highest BCUT2D eigenvalue weighted by atomic mass is 32.1. The third-order valence-corrected chi connectivity index (χ3v) is 5.73. The zero-order chi connectivity index (χ0) is 16.7. The number of aromatic nitrogens is 2. The molecule has 0 amide bonds. The maximum Gasteiger partial charge on any atom is 0.259 e. The smallest absolute Gasteiger partial charge is 0.259 e. The van der Waals surface area contributed by atoms with Gasteiger partial charge in [-0.25, -0.2) is 4.98 Å². The largest absolute Gasteiger partial charge is 0.291 e. The van der Waals surface area contributed by atoms with E-state index in [0.717, 1.165) is 29.4 Å². The summed E-state index contributed by atoms with van der Waals surface area (Å²) in [6, 6.07) is 10.9. The molecule has 1 fully saturated rings. The van der Waals surface area contributed by atoms with Crippen molar-refractivity contribution in [1.29, 1.82) is 0 Å². The van der Waals surface area contributed by atoms with Crippen LogP contribution in [0.15, 0.2) is 40.5 Å². The molecule has 1 aliphatic rings. The maximum atomic E-state index is 12.4. The number of fused-ring (bicyclic) bond motifs is 1. The number of hydrogen-bond acceptors (Lipinski definition) is 4. The minimum atomic E-state index is 0.0278. The van der Waals surface area contributed by atoms with Gasteiger partial charge >= 0.3 is 0 Å². The number of hydrogen-bond donors (Lipinski definition) is 0. The molecule has 4 nitrogen and oxygen atoms in total. The van der Waals surface area contributed by atoms with Crippen LogP contribution >= 0.6 is 11.3 Å². The Morgan fingerprint density at radius 2 is 2.17 bits per heavy atom. The van der Waals surface area contributed by atoms with E-state index >= 15 is 0 Å². The predicted octanol–water partition coefficient (Wildman–Crippen LogP) is 3.71. The van der Waals surface area contributed by atoms with Crippen LogP contribution in [-0.4, -0.2) is 20.8 Å². The standard InChI is InChI=1S/C19H21N3OS/c1-13-5-3-6-15(9-13)17-7-4-8-21(17)11-16-10-18(23)22-14(2)12-24-19(22)20-16/h3,5-6,9-10,12,17H,4,7-8,11H2,1-2H3/t17-/m0/s1. The molecule has 5 heteroatoms. The molecule has 1 aliphatic heterocycles. The molecule has 0 radical (unpaired) electrons. The van der Waals surface area contributed by atoms with Crippen LogP contribution in [0.3, 0.4) is 0 Å². The second kappa shape index (κ2) is 6.15. The summed E-state index contributed by atoms with van der Waals surface area (Å²) >= 11 is 1.53. The van der Waals surface area contributed by atoms with Gasteiger partial charge in [0.2, 0.25) is 0 Å². The molecule has 124 valence electrons. The first-order valence-corrected chi connectivity index (χ1v) is 9.27. The van der Waals surface area contributed by atoms with Crippen molar-refractivity contribution in [2.24, 2.45) is 0 Å². The normalized spacial score (nSPS) is 18.5. The third kappa shape index (κ3) is 2.78. The van der Waals surface area contributed by atoms with Crippen LogP contribution in [0.25, 0.3) is 4.96 Å². The lowest BCUT2D eigenvalue weighted by Gasteiger charge is -2.24. The Labute approximate surface area is 145 Å². The Morgan fingerprint density at radius 1 is 1.29 bits per heavy atom. The van der Waals surface area contributed by atoms with E-state index in [1.165, 1.54) is 35.3 Å². The predicted molar refractivity (Wildman–Crippen MR) is 97.6 cm³/mol. The van der Waals surface area contributed by atoms with Crippen LogP contribution in [0.1, 0.15) is 41.4 Å². The molecular weight excluding hydrogens is 318 g/mol. The molecule has 0 bridgehead atoms. The second-order valence-electron chi connectivity index (χ2n) is 6.62. The Hall–Kier alpha value is -1.98. The molecule has 0 unspecified atom stereocenters. The van der Waals surface area contributed by atoms with Crippen LogP contribution in [0.4, 0.5) is 0 Å². The Kier molecular flexibility index (Phi) is 3.98. The molecule has 1 saturated heterocycles. The van der Waals surface area contributed by atoms with Gasteiger partial charge in [-0.2, -0.15) is 0 Å². The van der Waals surface area contributed by atoms with Crippen molar-refractivity contribution < 1.29 is 0 Å². The highest BCUT2D eigenvalue weighted by Gasteiger charge is 2.26. The summed E-state index contributed by atoms with van der Waals surface area (Å²) in [5.74, 6) is 0. The fourth-order valence-corrected chi connectivity index (χ4v) is 4.55. The number of likely N-dealkylation sites (tertiary alicyclic amines) is 1. The van der Waals surface area contributed by atoms with Crippen molar-refractivity contribution in [1.82, 2.24) is 14.3 Å². The first kappa shape index (κ1) is 15.5. The van der Waals surface area contributed by atoms with Gasteiger partial charge in [0.25, 0.3) is 5.56 Å². The highest BCUT2D eigenvalue weighted by Crippen LogP contribution is 2.33. The molecule has 1 aromatic carbocycles. The lowest BCUT2D eigenvalue weighted by atomic mass is 10.0. The van der Waals surface area contributed by atoms with Crippen molar-refractivity contribution in [2.45, 2.75) is 39.3 Å². The van der Waals surface area contributed by atoms with E-state index in [1.807, 2.05) is 12.3 Å². The molecular formula is C19H21N3OS. The van der Waals surface area contributed by atoms with Crippen molar-refractivity contribution in [3.63, 3.8) is 0 Å². The fourth-order valence-electron chi connectivity index (χ4n) is 3.66. The quantitative estimate of drug-likeness (QED) is 0.730. The minimum Gasteiger partial charge on any atom is -0.291 e. The number of aryl methyl sites for hydroxylation is 2. The summed E-state index contributed by atoms with van der Waals surface area (Å²) < 4.78 is 1.69. The highest BCUT2D eigenvalue weighted by molar-refractivity contribution is 7.15.